The molecule has 0 radical (unpaired) electrons. The quantitative estimate of drug-likeness (QED) is 0.585. The molecule has 4 rings (SSSR count). The average molecular weight is 456 g/mol. The van der Waals surface area contributed by atoms with Crippen molar-refractivity contribution < 1.29 is 18.7 Å². The van der Waals surface area contributed by atoms with E-state index in [-0.39, 0.29) is 23.7 Å². The van der Waals surface area contributed by atoms with Gasteiger partial charge in [0.25, 0.3) is 0 Å². The van der Waals surface area contributed by atoms with Gasteiger partial charge >= 0.3 is 6.03 Å². The van der Waals surface area contributed by atoms with Crippen molar-refractivity contribution in [3.8, 4) is 11.6 Å². The van der Waals surface area contributed by atoms with Crippen LogP contribution in [-0.2, 0) is 11.3 Å². The first-order valence-electron chi connectivity index (χ1n) is 10.2. The summed E-state index contributed by atoms with van der Waals surface area (Å²) in [4.78, 5) is 35.0. The van der Waals surface area contributed by atoms with E-state index in [1.165, 1.54) is 35.6 Å². The summed E-state index contributed by atoms with van der Waals surface area (Å²) < 4.78 is 18.5. The molecule has 32 heavy (non-hydrogen) atoms. The number of thiazole rings is 1. The number of pyridine rings is 1. The molecule has 1 unspecified atom stereocenters. The zero-order valence-electron chi connectivity index (χ0n) is 17.2. The number of anilines is 1. The van der Waals surface area contributed by atoms with Crippen molar-refractivity contribution in [3.63, 3.8) is 0 Å². The van der Waals surface area contributed by atoms with Crippen molar-refractivity contribution in [2.24, 2.45) is 5.92 Å². The Morgan fingerprint density at radius 3 is 2.75 bits per heavy atom. The largest absolute Gasteiger partial charge is 0.439 e. The molecule has 1 aliphatic rings. The summed E-state index contributed by atoms with van der Waals surface area (Å²) in [7, 11) is 0. The second-order valence-electron chi connectivity index (χ2n) is 7.33. The third-order valence-electron chi connectivity index (χ3n) is 5.02. The van der Waals surface area contributed by atoms with E-state index in [1.807, 2.05) is 0 Å². The first kappa shape index (κ1) is 21.7. The number of nitrogens with zero attached hydrogens (tertiary/aromatic N) is 3. The van der Waals surface area contributed by atoms with E-state index in [0.29, 0.717) is 36.4 Å². The smallest absolute Gasteiger partial charge is 0.317 e. The first-order chi connectivity index (χ1) is 15.6. The van der Waals surface area contributed by atoms with Gasteiger partial charge in [-0.3, -0.25) is 4.79 Å². The molecule has 3 aromatic rings. The lowest BCUT2D eigenvalue weighted by atomic mass is 9.97. The van der Waals surface area contributed by atoms with Crippen molar-refractivity contribution in [2.45, 2.75) is 19.4 Å². The fraction of sp³-hybridized carbons (Fsp3) is 0.273. The SMILES string of the molecule is O=C(Nc1nccs1)C1CCCN(C(=O)NCc2ccc(Oc3ccc(F)cc3)nc2)C1. The number of amides is 3. The maximum absolute atomic E-state index is 13.0. The lowest BCUT2D eigenvalue weighted by Gasteiger charge is -2.31. The summed E-state index contributed by atoms with van der Waals surface area (Å²) in [6, 6.07) is 8.93. The van der Waals surface area contributed by atoms with E-state index < -0.39 is 0 Å². The number of aromatic nitrogens is 2. The molecule has 1 fully saturated rings. The molecule has 0 bridgehead atoms. The number of hydrogen-bond donors (Lipinski definition) is 2. The predicted octanol–water partition coefficient (Wildman–Crippen LogP) is 4.03. The lowest BCUT2D eigenvalue weighted by Crippen LogP contribution is -2.47. The molecule has 1 saturated heterocycles. The second-order valence-corrected chi connectivity index (χ2v) is 8.23. The monoisotopic (exact) mass is 455 g/mol. The molecule has 10 heteroatoms. The van der Waals surface area contributed by atoms with Crippen molar-refractivity contribution >= 4 is 28.4 Å². The highest BCUT2D eigenvalue weighted by molar-refractivity contribution is 7.13. The molecule has 8 nitrogen and oxygen atoms in total. The average Bonchev–Trinajstić information content (AvgIpc) is 3.33. The highest BCUT2D eigenvalue weighted by Crippen LogP contribution is 2.21. The van der Waals surface area contributed by atoms with Crippen LogP contribution in [0.1, 0.15) is 18.4 Å². The van der Waals surface area contributed by atoms with Gasteiger partial charge in [0.1, 0.15) is 11.6 Å². The van der Waals surface area contributed by atoms with Crippen LogP contribution in [-0.4, -0.2) is 39.9 Å². The minimum Gasteiger partial charge on any atom is -0.439 e. The van der Waals surface area contributed by atoms with Gasteiger partial charge in [-0.15, -0.1) is 11.3 Å². The molecule has 3 amide bonds. The number of piperidine rings is 1. The number of ether oxygens (including phenoxy) is 1. The maximum atomic E-state index is 13.0. The van der Waals surface area contributed by atoms with Gasteiger partial charge in [-0.2, -0.15) is 0 Å². The topological polar surface area (TPSA) is 96.5 Å². The number of hydrogen-bond acceptors (Lipinski definition) is 6. The van der Waals surface area contributed by atoms with E-state index in [0.717, 1.165) is 18.4 Å². The summed E-state index contributed by atoms with van der Waals surface area (Å²) in [6.07, 6.45) is 4.75. The standard InChI is InChI=1S/C22H22FN5O3S/c23-17-4-6-18(7-5-17)31-19-8-3-15(12-25-19)13-26-22(30)28-10-1-2-16(14-28)20(29)27-21-24-9-11-32-21/h3-9,11-12,16H,1-2,10,13-14H2,(H,26,30)(H,24,27,29). The van der Waals surface area contributed by atoms with Gasteiger partial charge in [0.15, 0.2) is 5.13 Å². The van der Waals surface area contributed by atoms with Crippen LogP contribution in [0.2, 0.25) is 0 Å². The van der Waals surface area contributed by atoms with Gasteiger partial charge in [0, 0.05) is 43.5 Å². The highest BCUT2D eigenvalue weighted by atomic mass is 32.1. The number of rotatable bonds is 6. The number of carbonyl (C=O) groups is 2. The second kappa shape index (κ2) is 10.2. The van der Waals surface area contributed by atoms with Gasteiger partial charge in [0.2, 0.25) is 11.8 Å². The molecule has 1 aliphatic heterocycles. The third-order valence-corrected chi connectivity index (χ3v) is 5.71. The van der Waals surface area contributed by atoms with Crippen LogP contribution >= 0.6 is 11.3 Å². The zero-order valence-corrected chi connectivity index (χ0v) is 18.0. The Kier molecular flexibility index (Phi) is 6.90. The number of urea groups is 1. The number of benzene rings is 1. The highest BCUT2D eigenvalue weighted by Gasteiger charge is 2.28. The van der Waals surface area contributed by atoms with E-state index in [2.05, 4.69) is 20.6 Å². The molecule has 0 spiro atoms. The first-order valence-corrected chi connectivity index (χ1v) is 11.1. The van der Waals surface area contributed by atoms with Crippen molar-refractivity contribution in [1.82, 2.24) is 20.2 Å². The van der Waals surface area contributed by atoms with Gasteiger partial charge in [-0.05, 0) is 42.7 Å². The molecule has 1 aromatic carbocycles. The van der Waals surface area contributed by atoms with Crippen molar-refractivity contribution in [3.05, 3.63) is 65.6 Å². The van der Waals surface area contributed by atoms with Crippen LogP contribution in [0.5, 0.6) is 11.6 Å². The summed E-state index contributed by atoms with van der Waals surface area (Å²) in [5, 5.41) is 8.04. The van der Waals surface area contributed by atoms with E-state index in [9.17, 15) is 14.0 Å². The minimum absolute atomic E-state index is 0.113. The molecule has 2 aromatic heterocycles. The van der Waals surface area contributed by atoms with Crippen molar-refractivity contribution in [1.29, 1.82) is 0 Å². The van der Waals surface area contributed by atoms with Gasteiger partial charge in [-0.25, -0.2) is 19.2 Å². The normalized spacial score (nSPS) is 15.8. The molecular weight excluding hydrogens is 433 g/mol. The Hall–Kier alpha value is -3.53. The molecule has 3 heterocycles. The van der Waals surface area contributed by atoms with E-state index in [1.54, 1.807) is 34.8 Å². The lowest BCUT2D eigenvalue weighted by molar-refractivity contribution is -0.121. The van der Waals surface area contributed by atoms with Crippen molar-refractivity contribution in [2.75, 3.05) is 18.4 Å². The van der Waals surface area contributed by atoms with E-state index in [4.69, 9.17) is 4.74 Å². The number of halogens is 1. The van der Waals surface area contributed by atoms with Crippen LogP contribution in [0.15, 0.2) is 54.2 Å². The summed E-state index contributed by atoms with van der Waals surface area (Å²) in [6.45, 7) is 1.27. The number of nitrogens with one attached hydrogen (secondary N) is 2. The summed E-state index contributed by atoms with van der Waals surface area (Å²) >= 11 is 1.36. The molecule has 0 saturated carbocycles. The Morgan fingerprint density at radius 1 is 1.19 bits per heavy atom. The van der Waals surface area contributed by atoms with Crippen LogP contribution < -0.4 is 15.4 Å². The number of likely N-dealkylation sites (tertiary alicyclic amines) is 1. The Balaban J connectivity index is 1.25. The number of carbonyl (C=O) groups excluding carboxylic acids is 2. The molecule has 1 atom stereocenters. The maximum Gasteiger partial charge on any atom is 0.317 e. The fourth-order valence-corrected chi connectivity index (χ4v) is 3.89. The zero-order chi connectivity index (χ0) is 22.3. The van der Waals surface area contributed by atoms with E-state index >= 15 is 0 Å². The van der Waals surface area contributed by atoms with Gasteiger partial charge < -0.3 is 20.3 Å². The molecule has 2 N–H and O–H groups in total. The predicted molar refractivity (Wildman–Crippen MR) is 118 cm³/mol. The van der Waals surface area contributed by atoms with Gasteiger partial charge in [-0.1, -0.05) is 6.07 Å². The summed E-state index contributed by atoms with van der Waals surface area (Å²) in [5.74, 6) is 0.147. The van der Waals surface area contributed by atoms with Crippen LogP contribution in [0.25, 0.3) is 0 Å². The Bertz CT molecular complexity index is 1040. The van der Waals surface area contributed by atoms with Crippen LogP contribution in [0.3, 0.4) is 0 Å². The minimum atomic E-state index is -0.337. The molecule has 166 valence electrons. The Labute approximate surface area is 188 Å². The van der Waals surface area contributed by atoms with Crippen LogP contribution in [0, 0.1) is 11.7 Å². The molecule has 0 aliphatic carbocycles. The van der Waals surface area contributed by atoms with Crippen LogP contribution in [0.4, 0.5) is 14.3 Å². The third kappa shape index (κ3) is 5.79. The van der Waals surface area contributed by atoms with Gasteiger partial charge in [0.05, 0.1) is 5.92 Å². The Morgan fingerprint density at radius 2 is 2.03 bits per heavy atom. The fourth-order valence-electron chi connectivity index (χ4n) is 3.36. The molecular formula is C22H22FN5O3S. The summed E-state index contributed by atoms with van der Waals surface area (Å²) in [5.41, 5.74) is 0.805.